The zero-order chi connectivity index (χ0) is 17.2. The van der Waals surface area contributed by atoms with Crippen molar-refractivity contribution >= 4 is 27.7 Å². The number of rotatable bonds is 4. The van der Waals surface area contributed by atoms with Gasteiger partial charge in [-0.25, -0.2) is 13.9 Å². The Labute approximate surface area is 140 Å². The first kappa shape index (κ1) is 16.2. The first-order chi connectivity index (χ1) is 11.5. The smallest absolute Gasteiger partial charge is 0.267 e. The number of hydroxylamine groups is 1. The van der Waals surface area contributed by atoms with E-state index in [1.165, 1.54) is 28.0 Å². The molecule has 1 aliphatic heterocycles. The largest absolute Gasteiger partial charge is 0.288 e. The van der Waals surface area contributed by atoms with Gasteiger partial charge in [-0.05, 0) is 41.8 Å². The minimum absolute atomic E-state index is 0.158. The number of fused-ring (bicyclic) bond motifs is 1. The van der Waals surface area contributed by atoms with Gasteiger partial charge in [-0.15, -0.1) is 0 Å². The molecule has 0 spiro atoms. The molecule has 0 fully saturated rings. The SMILES string of the molecule is O=C(/C=C/c1cccc(S(=O)(=O)N2CCc3ccccc32)c1)NO. The lowest BCUT2D eigenvalue weighted by molar-refractivity contribution is -0.124. The molecule has 0 atom stereocenters. The van der Waals surface area contributed by atoms with Crippen LogP contribution in [0.1, 0.15) is 11.1 Å². The maximum absolute atomic E-state index is 12.9. The first-order valence-electron chi connectivity index (χ1n) is 7.35. The van der Waals surface area contributed by atoms with Crippen molar-refractivity contribution in [1.82, 2.24) is 5.48 Å². The van der Waals surface area contributed by atoms with E-state index in [1.807, 2.05) is 18.2 Å². The van der Waals surface area contributed by atoms with Crippen molar-refractivity contribution < 1.29 is 18.4 Å². The Balaban J connectivity index is 1.94. The summed E-state index contributed by atoms with van der Waals surface area (Å²) < 4.78 is 27.3. The van der Waals surface area contributed by atoms with Crippen LogP contribution in [-0.4, -0.2) is 26.1 Å². The standard InChI is InChI=1S/C17H16N2O4S/c20-17(18-21)9-8-13-4-3-6-15(12-13)24(22,23)19-11-10-14-5-1-2-7-16(14)19/h1-9,12,21H,10-11H2,(H,18,20)/b9-8+. The average Bonchev–Trinajstić information content (AvgIpc) is 3.04. The van der Waals surface area contributed by atoms with Crippen LogP contribution in [0.2, 0.25) is 0 Å². The Morgan fingerprint density at radius 2 is 1.96 bits per heavy atom. The van der Waals surface area contributed by atoms with Gasteiger partial charge in [-0.2, -0.15) is 0 Å². The van der Waals surface area contributed by atoms with Crippen LogP contribution in [0.5, 0.6) is 0 Å². The topological polar surface area (TPSA) is 86.7 Å². The quantitative estimate of drug-likeness (QED) is 0.504. The number of amides is 1. The monoisotopic (exact) mass is 344 g/mol. The summed E-state index contributed by atoms with van der Waals surface area (Å²) in [5, 5.41) is 8.48. The summed E-state index contributed by atoms with van der Waals surface area (Å²) in [6, 6.07) is 13.8. The summed E-state index contributed by atoms with van der Waals surface area (Å²) in [6.07, 6.45) is 3.24. The van der Waals surface area contributed by atoms with Crippen molar-refractivity contribution in [1.29, 1.82) is 0 Å². The zero-order valence-corrected chi connectivity index (χ0v) is 13.5. The van der Waals surface area contributed by atoms with E-state index in [1.54, 1.807) is 18.2 Å². The van der Waals surface area contributed by atoms with Crippen molar-refractivity contribution in [2.75, 3.05) is 10.8 Å². The van der Waals surface area contributed by atoms with Gasteiger partial charge in [0.2, 0.25) is 0 Å². The van der Waals surface area contributed by atoms with E-state index in [9.17, 15) is 13.2 Å². The number of nitrogens with zero attached hydrogens (tertiary/aromatic N) is 1. The molecule has 24 heavy (non-hydrogen) atoms. The molecule has 0 radical (unpaired) electrons. The van der Waals surface area contributed by atoms with E-state index in [-0.39, 0.29) is 4.90 Å². The number of anilines is 1. The van der Waals surface area contributed by atoms with Gasteiger partial charge in [0.05, 0.1) is 10.6 Å². The Morgan fingerprint density at radius 1 is 1.17 bits per heavy atom. The van der Waals surface area contributed by atoms with Crippen LogP contribution in [0, 0.1) is 0 Å². The summed E-state index contributed by atoms with van der Waals surface area (Å²) in [4.78, 5) is 11.2. The molecule has 1 amide bonds. The normalized spacial score (nSPS) is 14.0. The molecular weight excluding hydrogens is 328 g/mol. The fourth-order valence-corrected chi connectivity index (χ4v) is 4.23. The second kappa shape index (κ2) is 6.46. The third-order valence-corrected chi connectivity index (χ3v) is 5.64. The van der Waals surface area contributed by atoms with Crippen molar-refractivity contribution in [2.45, 2.75) is 11.3 Å². The van der Waals surface area contributed by atoms with Crippen molar-refractivity contribution in [2.24, 2.45) is 0 Å². The van der Waals surface area contributed by atoms with E-state index in [4.69, 9.17) is 5.21 Å². The number of carbonyl (C=O) groups is 1. The first-order valence-corrected chi connectivity index (χ1v) is 8.79. The Morgan fingerprint density at radius 3 is 2.75 bits per heavy atom. The van der Waals surface area contributed by atoms with E-state index < -0.39 is 15.9 Å². The number of hydrogen-bond donors (Lipinski definition) is 2. The van der Waals surface area contributed by atoms with E-state index in [0.29, 0.717) is 24.2 Å². The molecule has 0 saturated heterocycles. The van der Waals surface area contributed by atoms with E-state index >= 15 is 0 Å². The summed E-state index contributed by atoms with van der Waals surface area (Å²) in [5.74, 6) is -0.684. The highest BCUT2D eigenvalue weighted by Gasteiger charge is 2.30. The van der Waals surface area contributed by atoms with Crippen LogP contribution in [0.15, 0.2) is 59.5 Å². The second-order valence-electron chi connectivity index (χ2n) is 5.34. The number of sulfonamides is 1. The Hall–Kier alpha value is -2.64. The van der Waals surface area contributed by atoms with Crippen molar-refractivity contribution in [3.8, 4) is 0 Å². The molecule has 2 N–H and O–H groups in total. The summed E-state index contributed by atoms with van der Waals surface area (Å²) in [6.45, 7) is 0.411. The fourth-order valence-electron chi connectivity index (χ4n) is 2.67. The summed E-state index contributed by atoms with van der Waals surface area (Å²) in [7, 11) is -3.67. The van der Waals surface area contributed by atoms with Crippen LogP contribution in [-0.2, 0) is 21.2 Å². The number of nitrogens with one attached hydrogen (secondary N) is 1. The molecular formula is C17H16N2O4S. The van der Waals surface area contributed by atoms with Gasteiger partial charge in [-0.3, -0.25) is 14.3 Å². The predicted molar refractivity (Wildman–Crippen MR) is 90.1 cm³/mol. The van der Waals surface area contributed by atoms with Crippen LogP contribution in [0.3, 0.4) is 0 Å². The molecule has 0 unspecified atom stereocenters. The van der Waals surface area contributed by atoms with Gasteiger partial charge in [-0.1, -0.05) is 30.3 Å². The van der Waals surface area contributed by atoms with Crippen molar-refractivity contribution in [3.63, 3.8) is 0 Å². The summed E-state index contributed by atoms with van der Waals surface area (Å²) in [5.41, 5.74) is 3.75. The lowest BCUT2D eigenvalue weighted by Gasteiger charge is -2.19. The van der Waals surface area contributed by atoms with Crippen LogP contribution >= 0.6 is 0 Å². The molecule has 1 aliphatic rings. The third-order valence-electron chi connectivity index (χ3n) is 3.83. The highest BCUT2D eigenvalue weighted by molar-refractivity contribution is 7.92. The van der Waals surface area contributed by atoms with E-state index in [0.717, 1.165) is 11.6 Å². The maximum atomic E-state index is 12.9. The molecule has 124 valence electrons. The molecule has 7 heteroatoms. The Bertz CT molecular complexity index is 906. The van der Waals surface area contributed by atoms with Gasteiger partial charge in [0.1, 0.15) is 0 Å². The minimum Gasteiger partial charge on any atom is -0.288 e. The number of carbonyl (C=O) groups excluding carboxylic acids is 1. The second-order valence-corrected chi connectivity index (χ2v) is 7.20. The fraction of sp³-hybridized carbons (Fsp3) is 0.118. The van der Waals surface area contributed by atoms with Gasteiger partial charge in [0, 0.05) is 12.6 Å². The van der Waals surface area contributed by atoms with Gasteiger partial charge in [0.25, 0.3) is 15.9 Å². The summed E-state index contributed by atoms with van der Waals surface area (Å²) >= 11 is 0. The molecule has 2 aromatic carbocycles. The van der Waals surface area contributed by atoms with Crippen LogP contribution < -0.4 is 9.79 Å². The van der Waals surface area contributed by atoms with Gasteiger partial charge < -0.3 is 0 Å². The molecule has 0 aliphatic carbocycles. The molecule has 1 heterocycles. The number of para-hydroxylation sites is 1. The highest BCUT2D eigenvalue weighted by Crippen LogP contribution is 2.32. The molecule has 3 rings (SSSR count). The maximum Gasteiger partial charge on any atom is 0.267 e. The third kappa shape index (κ3) is 3.04. The zero-order valence-electron chi connectivity index (χ0n) is 12.7. The lowest BCUT2D eigenvalue weighted by atomic mass is 10.2. The molecule has 2 aromatic rings. The molecule has 0 bridgehead atoms. The average molecular weight is 344 g/mol. The molecule has 6 nitrogen and oxygen atoms in total. The lowest BCUT2D eigenvalue weighted by Crippen LogP contribution is -2.29. The van der Waals surface area contributed by atoms with Gasteiger partial charge >= 0.3 is 0 Å². The number of hydrogen-bond acceptors (Lipinski definition) is 4. The van der Waals surface area contributed by atoms with Crippen molar-refractivity contribution in [3.05, 3.63) is 65.7 Å². The van der Waals surface area contributed by atoms with Crippen LogP contribution in [0.25, 0.3) is 6.08 Å². The molecule has 0 aromatic heterocycles. The molecule has 0 saturated carbocycles. The number of benzene rings is 2. The van der Waals surface area contributed by atoms with Gasteiger partial charge in [0.15, 0.2) is 0 Å². The van der Waals surface area contributed by atoms with E-state index in [2.05, 4.69) is 0 Å². The Kier molecular flexibility index (Phi) is 4.37. The van der Waals surface area contributed by atoms with Crippen LogP contribution in [0.4, 0.5) is 5.69 Å². The predicted octanol–water partition coefficient (Wildman–Crippen LogP) is 1.96. The minimum atomic E-state index is -3.67. The highest BCUT2D eigenvalue weighted by atomic mass is 32.2.